The van der Waals surface area contributed by atoms with E-state index in [4.69, 9.17) is 4.99 Å². The molecule has 7 heteroatoms. The molecule has 1 N–H and O–H groups in total. The van der Waals surface area contributed by atoms with E-state index in [1.54, 1.807) is 6.07 Å². The maximum Gasteiger partial charge on any atom is 0.418 e. The summed E-state index contributed by atoms with van der Waals surface area (Å²) in [7, 11) is 0. The van der Waals surface area contributed by atoms with Crippen molar-refractivity contribution in [3.8, 4) is 0 Å². The fourth-order valence-electron chi connectivity index (χ4n) is 8.79. The number of Topliss-reactive ketones (excluding diaryl/α,β-unsaturated/α-hetero) is 1. The molecule has 1 heterocycles. The van der Waals surface area contributed by atoms with Crippen molar-refractivity contribution in [2.45, 2.75) is 91.7 Å². The molecule has 4 nitrogen and oxygen atoms in total. The number of hydrogen-bond donors (Lipinski definition) is 1. The summed E-state index contributed by atoms with van der Waals surface area (Å²) in [5.74, 6) is 0.609. The minimum absolute atomic E-state index is 0.0782. The van der Waals surface area contributed by atoms with Crippen LogP contribution in [0, 0.1) is 40.4 Å². The van der Waals surface area contributed by atoms with E-state index < -0.39 is 17.2 Å². The minimum atomic E-state index is -4.56. The summed E-state index contributed by atoms with van der Waals surface area (Å²) in [6.07, 6.45) is 0.278. The number of halogens is 3. The smallest absolute Gasteiger partial charge is 0.325 e. The van der Waals surface area contributed by atoms with Crippen molar-refractivity contribution in [2.75, 3.05) is 11.9 Å². The Hall–Kier alpha value is -2.18. The van der Waals surface area contributed by atoms with Crippen LogP contribution in [-0.4, -0.2) is 23.9 Å². The van der Waals surface area contributed by atoms with E-state index in [0.29, 0.717) is 42.7 Å². The van der Waals surface area contributed by atoms with Gasteiger partial charge in [-0.15, -0.1) is 0 Å². The molecule has 1 amide bonds. The van der Waals surface area contributed by atoms with Crippen LogP contribution in [0.4, 0.5) is 18.9 Å². The van der Waals surface area contributed by atoms with Crippen molar-refractivity contribution in [2.24, 2.45) is 45.4 Å². The molecule has 7 atom stereocenters. The third-order valence-corrected chi connectivity index (χ3v) is 10.8. The first-order valence-electron chi connectivity index (χ1n) is 14.2. The molecule has 3 saturated carbocycles. The Morgan fingerprint density at radius 1 is 1.03 bits per heavy atom. The fraction of sp³-hybridized carbons (Fsp3) is 0.710. The zero-order valence-electron chi connectivity index (χ0n) is 23.5. The Balaban J connectivity index is 1.44. The van der Waals surface area contributed by atoms with Crippen molar-refractivity contribution < 1.29 is 22.8 Å². The lowest BCUT2D eigenvalue weighted by atomic mass is 9.48. The zero-order valence-corrected chi connectivity index (χ0v) is 23.5. The second-order valence-electron chi connectivity index (χ2n) is 13.8. The summed E-state index contributed by atoms with van der Waals surface area (Å²) in [4.78, 5) is 31.3. The molecular formula is C31H41F3N2O2. The third-order valence-electron chi connectivity index (χ3n) is 10.8. The number of hydrogen-bond acceptors (Lipinski definition) is 3. The second-order valence-corrected chi connectivity index (χ2v) is 13.8. The number of ketones is 1. The molecule has 4 aliphatic rings. The number of alkyl halides is 3. The predicted octanol–water partition coefficient (Wildman–Crippen LogP) is 7.46. The summed E-state index contributed by atoms with van der Waals surface area (Å²) in [6, 6.07) is 4.16. The van der Waals surface area contributed by atoms with E-state index in [9.17, 15) is 22.8 Å². The van der Waals surface area contributed by atoms with Gasteiger partial charge in [-0.1, -0.05) is 53.7 Å². The van der Waals surface area contributed by atoms with E-state index in [0.717, 1.165) is 37.5 Å². The lowest BCUT2D eigenvalue weighted by Gasteiger charge is -2.57. The Bertz CT molecular complexity index is 1150. The Morgan fingerprint density at radius 3 is 2.37 bits per heavy atom. The lowest BCUT2D eigenvalue weighted by Crippen LogP contribution is -2.56. The number of carbonyl (C=O) groups excluding carboxylic acids is 2. The molecule has 0 aromatic heterocycles. The van der Waals surface area contributed by atoms with Gasteiger partial charge in [-0.25, -0.2) is 0 Å². The van der Waals surface area contributed by atoms with E-state index in [-0.39, 0.29) is 40.0 Å². The average Bonchev–Trinajstić information content (AvgIpc) is 3.18. The summed E-state index contributed by atoms with van der Waals surface area (Å²) < 4.78 is 42.0. The van der Waals surface area contributed by atoms with Gasteiger partial charge in [-0.2, -0.15) is 13.2 Å². The number of rotatable bonds is 2. The Morgan fingerprint density at radius 2 is 1.71 bits per heavy atom. The zero-order chi connectivity index (χ0) is 27.8. The molecule has 3 aliphatic carbocycles. The molecule has 3 fully saturated rings. The maximum atomic E-state index is 14.0. The number of benzene rings is 1. The summed E-state index contributed by atoms with van der Waals surface area (Å²) in [5, 5.41) is 2.80. The van der Waals surface area contributed by atoms with Crippen LogP contribution in [0.25, 0.3) is 0 Å². The van der Waals surface area contributed by atoms with Gasteiger partial charge in [-0.05, 0) is 72.3 Å². The maximum absolute atomic E-state index is 14.0. The minimum Gasteiger partial charge on any atom is -0.325 e. The van der Waals surface area contributed by atoms with E-state index in [2.05, 4.69) is 19.2 Å². The number of carbonyl (C=O) groups is 2. The van der Waals surface area contributed by atoms with Crippen molar-refractivity contribution in [3.05, 3.63) is 29.3 Å². The molecule has 4 unspecified atom stereocenters. The van der Waals surface area contributed by atoms with Gasteiger partial charge in [0.25, 0.3) is 0 Å². The van der Waals surface area contributed by atoms with Crippen LogP contribution in [0.5, 0.6) is 0 Å². The van der Waals surface area contributed by atoms with Crippen molar-refractivity contribution >= 4 is 23.1 Å². The first-order valence-corrected chi connectivity index (χ1v) is 14.2. The summed E-state index contributed by atoms with van der Waals surface area (Å²) in [6.45, 7) is 12.7. The SMILES string of the molecule is CC1C(=O)CC[C@@]2(C)C1=NCC1C2CC[C@@]2(C)C1CC[C@@H]2C(=O)Nc1c(C(C)(C)C)cccc1C(F)(F)F. The van der Waals surface area contributed by atoms with Gasteiger partial charge in [0.1, 0.15) is 5.78 Å². The highest BCUT2D eigenvalue weighted by atomic mass is 19.4. The molecule has 0 bridgehead atoms. The van der Waals surface area contributed by atoms with Crippen LogP contribution in [0.2, 0.25) is 0 Å². The van der Waals surface area contributed by atoms with Crippen LogP contribution in [0.3, 0.4) is 0 Å². The summed E-state index contributed by atoms with van der Waals surface area (Å²) >= 11 is 0. The monoisotopic (exact) mass is 530 g/mol. The highest BCUT2D eigenvalue weighted by Gasteiger charge is 2.61. The standard InChI is InChI=1S/C31H41F3N2O2/c1-17-24(37)13-15-30(6)20-12-14-29(5)19(18(20)16-35-26(17)30)10-11-23(29)27(38)36-25-21(28(2,3)4)8-7-9-22(25)31(32,33)34/h7-9,17-20,23H,10-16H2,1-6H3,(H,36,38)/t17?,18?,19?,20?,23-,29+,30-/m1/s1. The third kappa shape index (κ3) is 4.14. The second kappa shape index (κ2) is 8.92. The normalized spacial score (nSPS) is 37.1. The molecule has 0 radical (unpaired) electrons. The first kappa shape index (κ1) is 27.4. The molecule has 1 aromatic carbocycles. The van der Waals surface area contributed by atoms with Crippen molar-refractivity contribution in [1.29, 1.82) is 0 Å². The van der Waals surface area contributed by atoms with E-state index in [1.165, 1.54) is 6.07 Å². The fourth-order valence-corrected chi connectivity index (χ4v) is 8.79. The molecule has 0 saturated heterocycles. The number of fused-ring (bicyclic) bond motifs is 5. The van der Waals surface area contributed by atoms with Gasteiger partial charge in [0.2, 0.25) is 5.91 Å². The quantitative estimate of drug-likeness (QED) is 0.431. The molecule has 0 spiro atoms. The number of amides is 1. The van der Waals surface area contributed by atoms with E-state index in [1.807, 2.05) is 27.7 Å². The number of anilines is 1. The molecule has 38 heavy (non-hydrogen) atoms. The topological polar surface area (TPSA) is 58.5 Å². The molecular weight excluding hydrogens is 489 g/mol. The number of nitrogens with one attached hydrogen (secondary N) is 1. The number of nitrogens with zero attached hydrogens (tertiary/aromatic N) is 1. The van der Waals surface area contributed by atoms with Crippen molar-refractivity contribution in [1.82, 2.24) is 0 Å². The van der Waals surface area contributed by atoms with Gasteiger partial charge < -0.3 is 5.32 Å². The lowest BCUT2D eigenvalue weighted by molar-refractivity contribution is -0.137. The number of para-hydroxylation sites is 1. The van der Waals surface area contributed by atoms with Crippen molar-refractivity contribution in [3.63, 3.8) is 0 Å². The van der Waals surface area contributed by atoms with Gasteiger partial charge >= 0.3 is 6.18 Å². The van der Waals surface area contributed by atoms with Crippen LogP contribution >= 0.6 is 0 Å². The Kier molecular flexibility index (Phi) is 6.43. The van der Waals surface area contributed by atoms with Gasteiger partial charge in [0.05, 0.1) is 17.2 Å². The van der Waals surface area contributed by atoms with Gasteiger partial charge in [0, 0.05) is 30.0 Å². The molecule has 5 rings (SSSR count). The Labute approximate surface area is 224 Å². The van der Waals surface area contributed by atoms with Crippen LogP contribution in [0.15, 0.2) is 23.2 Å². The predicted molar refractivity (Wildman–Crippen MR) is 143 cm³/mol. The average molecular weight is 531 g/mol. The summed E-state index contributed by atoms with van der Waals surface area (Å²) in [5.41, 5.74) is -0.236. The molecule has 1 aromatic rings. The van der Waals surface area contributed by atoms with Crippen LogP contribution < -0.4 is 5.32 Å². The molecule has 1 aliphatic heterocycles. The van der Waals surface area contributed by atoms with Crippen LogP contribution in [-0.2, 0) is 21.2 Å². The highest BCUT2D eigenvalue weighted by Crippen LogP contribution is 2.64. The number of aliphatic imine (C=N–C) groups is 1. The first-order chi connectivity index (χ1) is 17.6. The van der Waals surface area contributed by atoms with Gasteiger partial charge in [-0.3, -0.25) is 14.6 Å². The highest BCUT2D eigenvalue weighted by molar-refractivity contribution is 6.10. The molecule has 208 valence electrons. The van der Waals surface area contributed by atoms with Gasteiger partial charge in [0.15, 0.2) is 0 Å². The largest absolute Gasteiger partial charge is 0.418 e. The van der Waals surface area contributed by atoms with Crippen LogP contribution in [0.1, 0.15) is 91.2 Å². The van der Waals surface area contributed by atoms with E-state index >= 15 is 0 Å².